The van der Waals surface area contributed by atoms with Crippen molar-refractivity contribution in [3.63, 3.8) is 0 Å². The highest BCUT2D eigenvalue weighted by molar-refractivity contribution is 7.13. The molecule has 10 nitrogen and oxygen atoms in total. The van der Waals surface area contributed by atoms with Crippen LogP contribution in [0.3, 0.4) is 0 Å². The first kappa shape index (κ1) is 37.7. The smallest absolute Gasteiger partial charge is 0.408 e. The van der Waals surface area contributed by atoms with Gasteiger partial charge in [-0.2, -0.15) is 0 Å². The third kappa shape index (κ3) is 9.39. The van der Waals surface area contributed by atoms with Crippen LogP contribution in [0, 0.1) is 12.3 Å². The normalized spacial score (nSPS) is 18.3. The second-order valence-electron chi connectivity index (χ2n) is 15.8. The van der Waals surface area contributed by atoms with Crippen molar-refractivity contribution in [3.8, 4) is 10.4 Å². The Morgan fingerprint density at radius 1 is 1.09 bits per heavy atom. The first-order valence-electron chi connectivity index (χ1n) is 15.9. The van der Waals surface area contributed by atoms with Crippen molar-refractivity contribution in [2.75, 3.05) is 6.54 Å². The molecule has 1 fully saturated rings. The van der Waals surface area contributed by atoms with Gasteiger partial charge >= 0.3 is 6.09 Å². The minimum Gasteiger partial charge on any atom is -0.444 e. The van der Waals surface area contributed by atoms with Crippen LogP contribution in [0.4, 0.5) is 4.79 Å². The minimum atomic E-state index is -2.22. The van der Waals surface area contributed by atoms with Crippen LogP contribution >= 0.6 is 11.3 Å². The fourth-order valence-corrected chi connectivity index (χ4v) is 7.33. The largest absolute Gasteiger partial charge is 0.444 e. The molecule has 1 aliphatic heterocycles. The number of aliphatic hydroxyl groups is 1. The topological polar surface area (TPSA) is 130 Å². The summed E-state index contributed by atoms with van der Waals surface area (Å²) in [7, 11) is -2.22. The zero-order valence-electron chi connectivity index (χ0n) is 29.7. The van der Waals surface area contributed by atoms with E-state index < -0.39 is 37.5 Å². The number of nitrogens with zero attached hydrogens (tertiary/aromatic N) is 2. The van der Waals surface area contributed by atoms with Gasteiger partial charge in [-0.05, 0) is 74.0 Å². The lowest BCUT2D eigenvalue weighted by molar-refractivity contribution is -0.142. The molecular formula is C34H54N4O6SSi. The number of nitrogens with one attached hydrogen (secondary N) is 2. The Labute approximate surface area is 279 Å². The minimum absolute atomic E-state index is 0.0566. The van der Waals surface area contributed by atoms with E-state index in [0.29, 0.717) is 12.0 Å². The molecule has 2 aromatic rings. The standard InChI is InChI=1S/C34H54N4O6SSi/c1-21-27(45-20-36-21)22-13-14-23(24(15-22)19-39)17-35-29(40)26-16-25(44-46(11,12)34(8,9)10)18-38(26)30(41)28(32(2,3)4)37-31(42)43-33(5,6)7/h13-15,20,25-26,28,39H,16-19H2,1-12H3,(H,35,40)(H,37,42)/t25-,26+,28?/m1/s1. The van der Waals surface area contributed by atoms with Gasteiger partial charge in [-0.15, -0.1) is 11.3 Å². The van der Waals surface area contributed by atoms with Gasteiger partial charge in [-0.1, -0.05) is 53.7 Å². The number of hydrogen-bond donors (Lipinski definition) is 3. The maximum absolute atomic E-state index is 14.3. The molecule has 1 unspecified atom stereocenters. The van der Waals surface area contributed by atoms with Gasteiger partial charge in [0.05, 0.1) is 28.8 Å². The molecule has 3 atom stereocenters. The van der Waals surface area contributed by atoms with E-state index in [0.717, 1.165) is 21.7 Å². The molecule has 1 aliphatic rings. The van der Waals surface area contributed by atoms with E-state index in [1.54, 1.807) is 31.2 Å². The van der Waals surface area contributed by atoms with Crippen LogP contribution in [0.5, 0.6) is 0 Å². The zero-order chi connectivity index (χ0) is 34.8. The number of benzene rings is 1. The molecule has 3 N–H and O–H groups in total. The number of thiazole rings is 1. The molecule has 0 radical (unpaired) electrons. The van der Waals surface area contributed by atoms with Crippen LogP contribution in [0.2, 0.25) is 18.1 Å². The number of hydrogen-bond acceptors (Lipinski definition) is 8. The van der Waals surface area contributed by atoms with Crippen molar-refractivity contribution in [2.45, 2.75) is 131 Å². The summed E-state index contributed by atoms with van der Waals surface area (Å²) in [6.45, 7) is 23.9. The summed E-state index contributed by atoms with van der Waals surface area (Å²) in [6.07, 6.45) is -0.690. The maximum Gasteiger partial charge on any atom is 0.408 e. The average molecular weight is 675 g/mol. The number of aryl methyl sites for hydroxylation is 1. The van der Waals surface area contributed by atoms with Crippen LogP contribution in [0.15, 0.2) is 23.7 Å². The maximum atomic E-state index is 14.3. The molecular weight excluding hydrogens is 621 g/mol. The third-order valence-electron chi connectivity index (χ3n) is 8.73. The number of ether oxygens (including phenoxy) is 1. The van der Waals surface area contributed by atoms with Gasteiger partial charge in [-0.25, -0.2) is 9.78 Å². The summed E-state index contributed by atoms with van der Waals surface area (Å²) in [5, 5.41) is 15.9. The molecule has 3 amide bonds. The van der Waals surface area contributed by atoms with E-state index in [1.165, 1.54) is 11.3 Å². The SMILES string of the molecule is Cc1ncsc1-c1ccc(CNC(=O)[C@@H]2C[C@@H](O[Si](C)(C)C(C)(C)C)CN2C(=O)C(NC(=O)OC(C)(C)C)C(C)(C)C)c(CO)c1. The molecule has 1 aromatic carbocycles. The number of aliphatic hydroxyl groups excluding tert-OH is 1. The fraction of sp³-hybridized carbons (Fsp3) is 0.647. The van der Waals surface area contributed by atoms with Crippen LogP contribution in [-0.4, -0.2) is 71.5 Å². The van der Waals surface area contributed by atoms with Gasteiger partial charge in [0, 0.05) is 19.5 Å². The Morgan fingerprint density at radius 2 is 1.74 bits per heavy atom. The Morgan fingerprint density at radius 3 is 2.26 bits per heavy atom. The summed E-state index contributed by atoms with van der Waals surface area (Å²) in [6, 6.07) is 4.05. The molecule has 1 aromatic heterocycles. The summed E-state index contributed by atoms with van der Waals surface area (Å²) < 4.78 is 12.2. The van der Waals surface area contributed by atoms with Gasteiger partial charge in [-0.3, -0.25) is 9.59 Å². The molecule has 2 heterocycles. The number of alkyl carbamates (subject to hydrolysis) is 1. The van der Waals surface area contributed by atoms with E-state index in [2.05, 4.69) is 49.5 Å². The second-order valence-corrected chi connectivity index (χ2v) is 21.4. The molecule has 0 saturated carbocycles. The lowest BCUT2D eigenvalue weighted by atomic mass is 9.85. The van der Waals surface area contributed by atoms with Gasteiger partial charge in [0.15, 0.2) is 8.32 Å². The van der Waals surface area contributed by atoms with Crippen LogP contribution in [0.1, 0.15) is 85.6 Å². The van der Waals surface area contributed by atoms with Crippen molar-refractivity contribution >= 4 is 37.6 Å². The summed E-state index contributed by atoms with van der Waals surface area (Å²) in [4.78, 5) is 47.9. The van der Waals surface area contributed by atoms with E-state index >= 15 is 0 Å². The molecule has 12 heteroatoms. The number of carbonyl (C=O) groups is 3. The van der Waals surface area contributed by atoms with Crippen LogP contribution < -0.4 is 10.6 Å². The Balaban J connectivity index is 1.88. The van der Waals surface area contributed by atoms with Crippen LogP contribution in [-0.2, 0) is 31.9 Å². The van der Waals surface area contributed by atoms with Crippen molar-refractivity contribution in [2.24, 2.45) is 5.41 Å². The van der Waals surface area contributed by atoms with E-state index in [4.69, 9.17) is 9.16 Å². The number of rotatable bonds is 9. The Hall–Kier alpha value is -2.80. The van der Waals surface area contributed by atoms with E-state index in [9.17, 15) is 19.5 Å². The molecule has 3 rings (SSSR count). The zero-order valence-corrected chi connectivity index (χ0v) is 31.5. The summed E-state index contributed by atoms with van der Waals surface area (Å²) in [5.41, 5.74) is 3.76. The van der Waals surface area contributed by atoms with Crippen molar-refractivity contribution < 1.29 is 28.7 Å². The highest BCUT2D eigenvalue weighted by Gasteiger charge is 2.48. The molecule has 0 bridgehead atoms. The summed E-state index contributed by atoms with van der Waals surface area (Å²) >= 11 is 1.54. The van der Waals surface area contributed by atoms with Gasteiger partial charge in [0.1, 0.15) is 17.7 Å². The molecule has 256 valence electrons. The van der Waals surface area contributed by atoms with E-state index in [-0.39, 0.29) is 42.7 Å². The van der Waals surface area contributed by atoms with Crippen molar-refractivity contribution in [3.05, 3.63) is 40.5 Å². The lowest BCUT2D eigenvalue weighted by Crippen LogP contribution is -2.58. The fourth-order valence-electron chi connectivity index (χ4n) is 5.17. The molecule has 0 aliphatic carbocycles. The monoisotopic (exact) mass is 674 g/mol. The predicted molar refractivity (Wildman–Crippen MR) is 185 cm³/mol. The van der Waals surface area contributed by atoms with E-state index in [1.807, 2.05) is 45.9 Å². The molecule has 1 saturated heterocycles. The number of likely N-dealkylation sites (tertiary alicyclic amines) is 1. The molecule has 0 spiro atoms. The van der Waals surface area contributed by atoms with Gasteiger partial charge < -0.3 is 29.8 Å². The van der Waals surface area contributed by atoms with Crippen LogP contribution in [0.25, 0.3) is 10.4 Å². The highest BCUT2D eigenvalue weighted by Crippen LogP contribution is 2.39. The highest BCUT2D eigenvalue weighted by atomic mass is 32.1. The Kier molecular flexibility index (Phi) is 11.6. The average Bonchev–Trinajstić information content (AvgIpc) is 3.53. The first-order valence-corrected chi connectivity index (χ1v) is 19.7. The first-order chi connectivity index (χ1) is 21.0. The van der Waals surface area contributed by atoms with Gasteiger partial charge in [0.2, 0.25) is 11.8 Å². The lowest BCUT2D eigenvalue weighted by Gasteiger charge is -2.38. The Bertz CT molecular complexity index is 1410. The third-order valence-corrected chi connectivity index (χ3v) is 14.2. The number of carbonyl (C=O) groups excluding carboxylic acids is 3. The van der Waals surface area contributed by atoms with Crippen molar-refractivity contribution in [1.82, 2.24) is 20.5 Å². The second kappa shape index (κ2) is 14.1. The van der Waals surface area contributed by atoms with Gasteiger partial charge in [0.25, 0.3) is 0 Å². The number of aromatic nitrogens is 1. The summed E-state index contributed by atoms with van der Waals surface area (Å²) in [5.74, 6) is -0.675. The van der Waals surface area contributed by atoms with Crippen molar-refractivity contribution in [1.29, 1.82) is 0 Å². The number of amides is 3. The predicted octanol–water partition coefficient (Wildman–Crippen LogP) is 6.16. The molecule has 46 heavy (non-hydrogen) atoms. The quantitative estimate of drug-likeness (QED) is 0.272.